The second-order valence-corrected chi connectivity index (χ2v) is 5.14. The molecule has 1 aromatic carbocycles. The number of piperidine rings is 1. The molecule has 0 bridgehead atoms. The van der Waals surface area contributed by atoms with Crippen molar-refractivity contribution in [3.05, 3.63) is 29.6 Å². The number of halogens is 1. The molecule has 1 aromatic rings. The van der Waals surface area contributed by atoms with E-state index < -0.39 is 17.7 Å². The zero-order chi connectivity index (χ0) is 14.9. The fraction of sp³-hybridized carbons (Fsp3) is 0.429. The van der Waals surface area contributed by atoms with Gasteiger partial charge >= 0.3 is 5.97 Å². The molecule has 1 saturated heterocycles. The molecule has 2 unspecified atom stereocenters. The van der Waals surface area contributed by atoms with Gasteiger partial charge in [0, 0.05) is 18.3 Å². The third-order valence-corrected chi connectivity index (χ3v) is 3.73. The topological polar surface area (TPSA) is 83.6 Å². The van der Waals surface area contributed by atoms with Gasteiger partial charge in [-0.25, -0.2) is 4.39 Å². The zero-order valence-corrected chi connectivity index (χ0v) is 11.2. The number of nitrogen functional groups attached to an aromatic ring is 1. The molecule has 0 spiro atoms. The highest BCUT2D eigenvalue weighted by Crippen LogP contribution is 2.26. The molecule has 0 aromatic heterocycles. The summed E-state index contributed by atoms with van der Waals surface area (Å²) < 4.78 is 13.2. The summed E-state index contributed by atoms with van der Waals surface area (Å²) in [4.78, 5) is 24.9. The van der Waals surface area contributed by atoms with Gasteiger partial charge in [-0.2, -0.15) is 0 Å². The summed E-state index contributed by atoms with van der Waals surface area (Å²) in [6.07, 6.45) is 0.803. The highest BCUT2D eigenvalue weighted by Gasteiger charge is 2.33. The monoisotopic (exact) mass is 280 g/mol. The van der Waals surface area contributed by atoms with Crippen molar-refractivity contribution in [2.24, 2.45) is 5.92 Å². The summed E-state index contributed by atoms with van der Waals surface area (Å²) in [6.45, 7) is 2.13. The number of carboxylic acid groups (broad SMARTS) is 1. The van der Waals surface area contributed by atoms with E-state index in [2.05, 4.69) is 0 Å². The third kappa shape index (κ3) is 2.74. The van der Waals surface area contributed by atoms with Gasteiger partial charge in [-0.3, -0.25) is 9.59 Å². The highest BCUT2D eigenvalue weighted by atomic mass is 19.1. The number of hydrogen-bond acceptors (Lipinski definition) is 3. The van der Waals surface area contributed by atoms with Crippen molar-refractivity contribution in [3.63, 3.8) is 0 Å². The lowest BCUT2D eigenvalue weighted by atomic mass is 9.91. The van der Waals surface area contributed by atoms with Crippen molar-refractivity contribution in [2.75, 3.05) is 12.3 Å². The van der Waals surface area contributed by atoms with E-state index in [1.54, 1.807) is 11.8 Å². The number of amides is 1. The highest BCUT2D eigenvalue weighted by molar-refractivity contribution is 5.99. The lowest BCUT2D eigenvalue weighted by molar-refractivity contribution is -0.143. The van der Waals surface area contributed by atoms with Gasteiger partial charge in [0.1, 0.15) is 5.82 Å². The van der Waals surface area contributed by atoms with Crippen LogP contribution in [0.15, 0.2) is 18.2 Å². The van der Waals surface area contributed by atoms with Crippen LogP contribution in [0.5, 0.6) is 0 Å². The van der Waals surface area contributed by atoms with E-state index in [1.165, 1.54) is 12.1 Å². The average molecular weight is 280 g/mol. The van der Waals surface area contributed by atoms with E-state index in [0.717, 1.165) is 6.07 Å². The molecule has 2 atom stereocenters. The lowest BCUT2D eigenvalue weighted by Crippen LogP contribution is -2.46. The number of hydrogen-bond donors (Lipinski definition) is 2. The number of carbonyl (C=O) groups excluding carboxylic acids is 1. The summed E-state index contributed by atoms with van der Waals surface area (Å²) in [5.74, 6) is -2.14. The number of aliphatic carboxylic acids is 1. The van der Waals surface area contributed by atoms with Crippen LogP contribution in [0.1, 0.15) is 30.1 Å². The van der Waals surface area contributed by atoms with E-state index in [0.29, 0.717) is 19.4 Å². The molecule has 1 aliphatic rings. The van der Waals surface area contributed by atoms with Crippen LogP contribution in [0.4, 0.5) is 10.1 Å². The first-order chi connectivity index (χ1) is 9.40. The molecule has 20 heavy (non-hydrogen) atoms. The zero-order valence-electron chi connectivity index (χ0n) is 11.2. The first-order valence-electron chi connectivity index (χ1n) is 6.49. The standard InChI is InChI=1S/C14H17FN2O3/c1-8-6-9(14(19)20)4-5-17(8)13(18)11-7-10(15)2-3-12(11)16/h2-3,7-9H,4-6,16H2,1H3,(H,19,20). The van der Waals surface area contributed by atoms with Crippen LogP contribution < -0.4 is 5.73 Å². The Morgan fingerprint density at radius 3 is 2.75 bits per heavy atom. The van der Waals surface area contributed by atoms with E-state index in [9.17, 15) is 14.0 Å². The number of carboxylic acids is 1. The molecule has 1 amide bonds. The van der Waals surface area contributed by atoms with Crippen LogP contribution in [0.25, 0.3) is 0 Å². The molecular weight excluding hydrogens is 263 g/mol. The van der Waals surface area contributed by atoms with Gasteiger partial charge in [0.25, 0.3) is 5.91 Å². The molecule has 0 aliphatic carbocycles. The Balaban J connectivity index is 2.18. The molecule has 1 aliphatic heterocycles. The predicted molar refractivity (Wildman–Crippen MR) is 71.7 cm³/mol. The largest absolute Gasteiger partial charge is 0.481 e. The molecule has 6 heteroatoms. The maximum atomic E-state index is 13.2. The number of rotatable bonds is 2. The molecule has 0 saturated carbocycles. The van der Waals surface area contributed by atoms with Crippen LogP contribution in [0.3, 0.4) is 0 Å². The van der Waals surface area contributed by atoms with Crippen molar-refractivity contribution >= 4 is 17.6 Å². The maximum Gasteiger partial charge on any atom is 0.306 e. The fourth-order valence-corrected chi connectivity index (χ4v) is 2.57. The molecule has 2 rings (SSSR count). The van der Waals surface area contributed by atoms with Crippen LogP contribution >= 0.6 is 0 Å². The summed E-state index contributed by atoms with van der Waals surface area (Å²) in [5.41, 5.74) is 6.07. The second-order valence-electron chi connectivity index (χ2n) is 5.14. The van der Waals surface area contributed by atoms with E-state index in [4.69, 9.17) is 10.8 Å². The Bertz CT molecular complexity index is 547. The molecule has 0 radical (unpaired) electrons. The summed E-state index contributed by atoms with van der Waals surface area (Å²) >= 11 is 0. The molecule has 5 nitrogen and oxygen atoms in total. The van der Waals surface area contributed by atoms with Crippen molar-refractivity contribution in [2.45, 2.75) is 25.8 Å². The summed E-state index contributed by atoms with van der Waals surface area (Å²) in [5, 5.41) is 9.01. The number of carbonyl (C=O) groups is 2. The number of nitrogens with two attached hydrogens (primary N) is 1. The van der Waals surface area contributed by atoms with Gasteiger partial charge in [0.15, 0.2) is 0 Å². The smallest absolute Gasteiger partial charge is 0.306 e. The quantitative estimate of drug-likeness (QED) is 0.808. The fourth-order valence-electron chi connectivity index (χ4n) is 2.57. The van der Waals surface area contributed by atoms with Crippen molar-refractivity contribution < 1.29 is 19.1 Å². The van der Waals surface area contributed by atoms with E-state index in [1.807, 2.05) is 0 Å². The van der Waals surface area contributed by atoms with E-state index >= 15 is 0 Å². The third-order valence-electron chi connectivity index (χ3n) is 3.73. The van der Waals surface area contributed by atoms with E-state index in [-0.39, 0.29) is 23.2 Å². The number of anilines is 1. The van der Waals surface area contributed by atoms with Crippen LogP contribution in [-0.2, 0) is 4.79 Å². The first kappa shape index (κ1) is 14.3. The SMILES string of the molecule is CC1CC(C(=O)O)CCN1C(=O)c1cc(F)ccc1N. The van der Waals surface area contributed by atoms with Crippen molar-refractivity contribution in [3.8, 4) is 0 Å². The van der Waals surface area contributed by atoms with Gasteiger partial charge in [0.05, 0.1) is 11.5 Å². The molecular formula is C14H17FN2O3. The van der Waals surface area contributed by atoms with Gasteiger partial charge in [-0.05, 0) is 38.0 Å². The average Bonchev–Trinajstić information content (AvgIpc) is 2.40. The minimum absolute atomic E-state index is 0.130. The molecule has 1 heterocycles. The Kier molecular flexibility index (Phi) is 3.92. The number of likely N-dealkylation sites (tertiary alicyclic amines) is 1. The predicted octanol–water partition coefficient (Wildman–Crippen LogP) is 1.73. The van der Waals surface area contributed by atoms with Crippen LogP contribution in [0, 0.1) is 11.7 Å². The number of nitrogens with zero attached hydrogens (tertiary/aromatic N) is 1. The Morgan fingerprint density at radius 2 is 2.15 bits per heavy atom. The van der Waals surface area contributed by atoms with Gasteiger partial charge in [-0.15, -0.1) is 0 Å². The Labute approximate surface area is 116 Å². The minimum atomic E-state index is -0.839. The lowest BCUT2D eigenvalue weighted by Gasteiger charge is -2.36. The minimum Gasteiger partial charge on any atom is -0.481 e. The second kappa shape index (κ2) is 5.48. The molecule has 3 N–H and O–H groups in total. The van der Waals surface area contributed by atoms with Crippen molar-refractivity contribution in [1.29, 1.82) is 0 Å². The van der Waals surface area contributed by atoms with Gasteiger partial charge in [-0.1, -0.05) is 0 Å². The molecule has 108 valence electrons. The Morgan fingerprint density at radius 1 is 1.45 bits per heavy atom. The van der Waals surface area contributed by atoms with Crippen molar-refractivity contribution in [1.82, 2.24) is 4.90 Å². The van der Waals surface area contributed by atoms with Crippen LogP contribution in [0.2, 0.25) is 0 Å². The summed E-state index contributed by atoms with van der Waals surface area (Å²) in [6, 6.07) is 3.47. The molecule has 1 fully saturated rings. The Hall–Kier alpha value is -2.11. The number of benzene rings is 1. The normalized spacial score (nSPS) is 22.6. The summed E-state index contributed by atoms with van der Waals surface area (Å²) in [7, 11) is 0. The first-order valence-corrected chi connectivity index (χ1v) is 6.49. The van der Waals surface area contributed by atoms with Gasteiger partial charge in [0.2, 0.25) is 0 Å². The van der Waals surface area contributed by atoms with Crippen LogP contribution in [-0.4, -0.2) is 34.5 Å². The van der Waals surface area contributed by atoms with Gasteiger partial charge < -0.3 is 15.7 Å². The maximum absolute atomic E-state index is 13.2.